The van der Waals surface area contributed by atoms with Crippen LogP contribution in [0.4, 0.5) is 10.8 Å². The Hall–Kier alpha value is -3.13. The predicted octanol–water partition coefficient (Wildman–Crippen LogP) is 4.23. The molecule has 0 aliphatic carbocycles. The molecule has 3 rings (SSSR count). The number of ether oxygens (including phenoxy) is 2. The van der Waals surface area contributed by atoms with Gasteiger partial charge in [0, 0.05) is 12.5 Å². The van der Waals surface area contributed by atoms with Crippen LogP contribution in [0.15, 0.2) is 36.4 Å². The zero-order valence-corrected chi connectivity index (χ0v) is 17.4. The number of aromatic nitrogens is 1. The highest BCUT2D eigenvalue weighted by atomic mass is 32.1. The number of carbonyl (C=O) groups is 2. The van der Waals surface area contributed by atoms with E-state index in [0.29, 0.717) is 28.7 Å². The van der Waals surface area contributed by atoms with Crippen molar-refractivity contribution >= 4 is 44.2 Å². The largest absolute Gasteiger partial charge is 0.497 e. The number of rotatable bonds is 8. The van der Waals surface area contributed by atoms with Gasteiger partial charge in [0.1, 0.15) is 11.5 Å². The standard InChI is InChI=1S/C21H23N3O4S/c1-4-5-19(25)24-21-23-16-8-6-13(10-18(16)29-21)11-20(26)22-15-9-7-14(27-2)12-17(15)28-3/h6-10,12H,4-5,11H2,1-3H3,(H,22,26)(H,23,24,25). The molecule has 0 bridgehead atoms. The third-order valence-corrected chi connectivity index (χ3v) is 5.16. The van der Waals surface area contributed by atoms with E-state index in [4.69, 9.17) is 9.47 Å². The van der Waals surface area contributed by atoms with E-state index in [1.54, 1.807) is 32.4 Å². The van der Waals surface area contributed by atoms with Crippen LogP contribution in [-0.4, -0.2) is 31.0 Å². The molecule has 0 aliphatic rings. The second-order valence-electron chi connectivity index (χ2n) is 6.41. The summed E-state index contributed by atoms with van der Waals surface area (Å²) in [4.78, 5) is 28.7. The van der Waals surface area contributed by atoms with Crippen LogP contribution in [0.5, 0.6) is 11.5 Å². The highest BCUT2D eigenvalue weighted by Gasteiger charge is 2.12. The zero-order chi connectivity index (χ0) is 20.8. The molecule has 152 valence electrons. The molecule has 0 radical (unpaired) electrons. The van der Waals surface area contributed by atoms with Crippen LogP contribution in [0.3, 0.4) is 0 Å². The molecule has 1 heterocycles. The molecule has 2 aromatic carbocycles. The van der Waals surface area contributed by atoms with E-state index in [1.807, 2.05) is 25.1 Å². The maximum absolute atomic E-state index is 12.5. The Morgan fingerprint density at radius 1 is 1.03 bits per heavy atom. The lowest BCUT2D eigenvalue weighted by Gasteiger charge is -2.11. The SMILES string of the molecule is CCCC(=O)Nc1nc2ccc(CC(=O)Nc3ccc(OC)cc3OC)cc2s1. The van der Waals surface area contributed by atoms with Crippen molar-refractivity contribution in [1.29, 1.82) is 0 Å². The molecule has 0 unspecified atom stereocenters. The first-order chi connectivity index (χ1) is 14.0. The Balaban J connectivity index is 1.69. The molecule has 7 nitrogen and oxygen atoms in total. The Morgan fingerprint density at radius 2 is 1.86 bits per heavy atom. The highest BCUT2D eigenvalue weighted by molar-refractivity contribution is 7.22. The number of carbonyl (C=O) groups excluding carboxylic acids is 2. The number of benzene rings is 2. The van der Waals surface area contributed by atoms with Crippen molar-refractivity contribution < 1.29 is 19.1 Å². The number of methoxy groups -OCH3 is 2. The number of fused-ring (bicyclic) bond motifs is 1. The summed E-state index contributed by atoms with van der Waals surface area (Å²) >= 11 is 1.40. The second kappa shape index (κ2) is 9.38. The summed E-state index contributed by atoms with van der Waals surface area (Å²) in [5.41, 5.74) is 2.23. The normalized spacial score (nSPS) is 10.6. The van der Waals surface area contributed by atoms with Gasteiger partial charge in [-0.15, -0.1) is 0 Å². The van der Waals surface area contributed by atoms with Gasteiger partial charge in [0.15, 0.2) is 5.13 Å². The van der Waals surface area contributed by atoms with Crippen molar-refractivity contribution in [2.24, 2.45) is 0 Å². The Bertz CT molecular complexity index is 1030. The van der Waals surface area contributed by atoms with E-state index >= 15 is 0 Å². The van der Waals surface area contributed by atoms with Crippen LogP contribution >= 0.6 is 11.3 Å². The number of hydrogen-bond acceptors (Lipinski definition) is 6. The molecule has 0 atom stereocenters. The predicted molar refractivity (Wildman–Crippen MR) is 115 cm³/mol. The summed E-state index contributed by atoms with van der Waals surface area (Å²) in [6.07, 6.45) is 1.46. The van der Waals surface area contributed by atoms with E-state index in [1.165, 1.54) is 11.3 Å². The van der Waals surface area contributed by atoms with Gasteiger partial charge in [-0.2, -0.15) is 0 Å². The van der Waals surface area contributed by atoms with E-state index < -0.39 is 0 Å². The third kappa shape index (κ3) is 5.23. The van der Waals surface area contributed by atoms with Crippen LogP contribution < -0.4 is 20.1 Å². The summed E-state index contributed by atoms with van der Waals surface area (Å²) in [7, 11) is 3.11. The maximum atomic E-state index is 12.5. The number of nitrogens with zero attached hydrogens (tertiary/aromatic N) is 1. The molecule has 0 fully saturated rings. The van der Waals surface area contributed by atoms with Crippen molar-refractivity contribution in [1.82, 2.24) is 4.98 Å². The summed E-state index contributed by atoms with van der Waals surface area (Å²) in [6.45, 7) is 1.96. The average molecular weight is 413 g/mol. The number of hydrogen-bond donors (Lipinski definition) is 2. The first-order valence-electron chi connectivity index (χ1n) is 9.23. The number of amides is 2. The minimum Gasteiger partial charge on any atom is -0.497 e. The summed E-state index contributed by atoms with van der Waals surface area (Å²) in [5, 5.41) is 6.25. The van der Waals surface area contributed by atoms with Gasteiger partial charge in [0.25, 0.3) is 0 Å². The van der Waals surface area contributed by atoms with Gasteiger partial charge < -0.3 is 20.1 Å². The maximum Gasteiger partial charge on any atom is 0.228 e. The van der Waals surface area contributed by atoms with Crippen LogP contribution in [0, 0.1) is 0 Å². The van der Waals surface area contributed by atoms with E-state index in [-0.39, 0.29) is 18.2 Å². The third-order valence-electron chi connectivity index (χ3n) is 4.22. The van der Waals surface area contributed by atoms with Crippen molar-refractivity contribution in [3.05, 3.63) is 42.0 Å². The van der Waals surface area contributed by atoms with Gasteiger partial charge in [-0.3, -0.25) is 9.59 Å². The second-order valence-corrected chi connectivity index (χ2v) is 7.44. The first-order valence-corrected chi connectivity index (χ1v) is 10.0. The van der Waals surface area contributed by atoms with Crippen molar-refractivity contribution in [3.8, 4) is 11.5 Å². The summed E-state index contributed by atoms with van der Waals surface area (Å²) in [5.74, 6) is 0.980. The van der Waals surface area contributed by atoms with Gasteiger partial charge in [-0.25, -0.2) is 4.98 Å². The molecule has 29 heavy (non-hydrogen) atoms. The molecular formula is C21H23N3O4S. The fourth-order valence-electron chi connectivity index (χ4n) is 2.82. The topological polar surface area (TPSA) is 89.6 Å². The van der Waals surface area contributed by atoms with Crippen molar-refractivity contribution in [2.75, 3.05) is 24.9 Å². The van der Waals surface area contributed by atoms with E-state index in [2.05, 4.69) is 15.6 Å². The summed E-state index contributed by atoms with van der Waals surface area (Å²) in [6, 6.07) is 10.9. The molecule has 0 saturated heterocycles. The minimum absolute atomic E-state index is 0.0420. The van der Waals surface area contributed by atoms with Gasteiger partial charge >= 0.3 is 0 Å². The van der Waals surface area contributed by atoms with Crippen LogP contribution in [0.1, 0.15) is 25.3 Å². The minimum atomic E-state index is -0.159. The Kier molecular flexibility index (Phi) is 6.66. The van der Waals surface area contributed by atoms with Crippen LogP contribution in [0.25, 0.3) is 10.2 Å². The number of anilines is 2. The Labute approximate surface area is 173 Å². The molecule has 0 spiro atoms. The molecule has 2 amide bonds. The lowest BCUT2D eigenvalue weighted by atomic mass is 10.1. The monoisotopic (exact) mass is 413 g/mol. The van der Waals surface area contributed by atoms with Gasteiger partial charge in [-0.1, -0.05) is 24.3 Å². The number of thiazole rings is 1. The molecule has 0 saturated carbocycles. The Morgan fingerprint density at radius 3 is 2.59 bits per heavy atom. The zero-order valence-electron chi connectivity index (χ0n) is 16.6. The summed E-state index contributed by atoms with van der Waals surface area (Å²) < 4.78 is 11.4. The van der Waals surface area contributed by atoms with Crippen molar-refractivity contribution in [2.45, 2.75) is 26.2 Å². The van der Waals surface area contributed by atoms with Crippen LogP contribution in [0.2, 0.25) is 0 Å². The first kappa shape index (κ1) is 20.6. The fourth-order valence-corrected chi connectivity index (χ4v) is 3.77. The van der Waals surface area contributed by atoms with Gasteiger partial charge in [0.2, 0.25) is 11.8 Å². The molecular weight excluding hydrogens is 390 g/mol. The molecule has 0 aliphatic heterocycles. The molecule has 3 aromatic rings. The van der Waals surface area contributed by atoms with Crippen LogP contribution in [-0.2, 0) is 16.0 Å². The van der Waals surface area contributed by atoms with Gasteiger partial charge in [-0.05, 0) is 36.2 Å². The van der Waals surface area contributed by atoms with Crippen molar-refractivity contribution in [3.63, 3.8) is 0 Å². The molecule has 8 heteroatoms. The lowest BCUT2D eigenvalue weighted by molar-refractivity contribution is -0.116. The van der Waals surface area contributed by atoms with E-state index in [9.17, 15) is 9.59 Å². The quantitative estimate of drug-likeness (QED) is 0.577. The lowest BCUT2D eigenvalue weighted by Crippen LogP contribution is -2.15. The fraction of sp³-hybridized carbons (Fsp3) is 0.286. The smallest absolute Gasteiger partial charge is 0.228 e. The van der Waals surface area contributed by atoms with E-state index in [0.717, 1.165) is 22.2 Å². The average Bonchev–Trinajstić information content (AvgIpc) is 3.09. The number of nitrogens with one attached hydrogen (secondary N) is 2. The molecule has 2 N–H and O–H groups in total. The molecule has 1 aromatic heterocycles. The van der Waals surface area contributed by atoms with Gasteiger partial charge in [0.05, 0.1) is 36.5 Å². The highest BCUT2D eigenvalue weighted by Crippen LogP contribution is 2.30.